The Kier molecular flexibility index (Phi) is 6.01. The van der Waals surface area contributed by atoms with Crippen molar-refractivity contribution < 1.29 is 9.53 Å². The van der Waals surface area contributed by atoms with Gasteiger partial charge in [0.15, 0.2) is 0 Å². The molecule has 0 bridgehead atoms. The fourth-order valence-electron chi connectivity index (χ4n) is 3.79. The molecule has 0 aliphatic carbocycles. The molecule has 4 nitrogen and oxygen atoms in total. The first-order valence-electron chi connectivity index (χ1n) is 9.10. The normalized spacial score (nSPS) is 26.3. The second kappa shape index (κ2) is 8.21. The Labute approximate surface area is 149 Å². The minimum atomic E-state index is -0.0864. The Bertz CT molecular complexity index is 570. The van der Waals surface area contributed by atoms with Crippen LogP contribution in [0.5, 0.6) is 5.75 Å². The number of benzene rings is 1. The molecule has 24 heavy (non-hydrogen) atoms. The Morgan fingerprint density at radius 2 is 1.88 bits per heavy atom. The van der Waals surface area contributed by atoms with Crippen molar-refractivity contribution in [1.82, 2.24) is 10.6 Å². The smallest absolute Gasteiger partial charge is 0.255 e. The third-order valence-corrected chi connectivity index (χ3v) is 5.46. The predicted molar refractivity (Wildman–Crippen MR) is 96.9 cm³/mol. The van der Waals surface area contributed by atoms with Gasteiger partial charge in [0.2, 0.25) is 0 Å². The highest BCUT2D eigenvalue weighted by Gasteiger charge is 2.32. The molecule has 1 saturated heterocycles. The van der Waals surface area contributed by atoms with Crippen LogP contribution in [-0.2, 0) is 0 Å². The first kappa shape index (κ1) is 17.6. The molecule has 1 amide bonds. The van der Waals surface area contributed by atoms with Crippen LogP contribution in [0.1, 0.15) is 55.3 Å². The summed E-state index contributed by atoms with van der Waals surface area (Å²) in [5.74, 6) is 0.545. The number of nitrogens with one attached hydrogen (secondary N) is 2. The van der Waals surface area contributed by atoms with E-state index in [4.69, 9.17) is 16.3 Å². The van der Waals surface area contributed by atoms with Crippen LogP contribution in [0.25, 0.3) is 0 Å². The molecule has 0 aromatic heterocycles. The van der Waals surface area contributed by atoms with E-state index in [1.807, 2.05) is 0 Å². The molecule has 0 radical (unpaired) electrons. The van der Waals surface area contributed by atoms with Gasteiger partial charge < -0.3 is 15.4 Å². The number of hydrogen-bond donors (Lipinski definition) is 2. The quantitative estimate of drug-likeness (QED) is 0.748. The van der Waals surface area contributed by atoms with E-state index in [-0.39, 0.29) is 11.3 Å². The highest BCUT2D eigenvalue weighted by Crippen LogP contribution is 2.32. The van der Waals surface area contributed by atoms with Gasteiger partial charge in [0.25, 0.3) is 5.91 Å². The Morgan fingerprint density at radius 3 is 2.71 bits per heavy atom. The maximum Gasteiger partial charge on any atom is 0.255 e. The van der Waals surface area contributed by atoms with Crippen molar-refractivity contribution in [3.63, 3.8) is 0 Å². The van der Waals surface area contributed by atoms with Crippen molar-refractivity contribution in [3.05, 3.63) is 28.8 Å². The van der Waals surface area contributed by atoms with Crippen LogP contribution in [0.15, 0.2) is 18.2 Å². The summed E-state index contributed by atoms with van der Waals surface area (Å²) in [5, 5.41) is 7.22. The molecule has 2 N–H and O–H groups in total. The minimum absolute atomic E-state index is 0.0864. The number of rotatable bonds is 0. The van der Waals surface area contributed by atoms with Crippen molar-refractivity contribution in [1.29, 1.82) is 0 Å². The van der Waals surface area contributed by atoms with Crippen LogP contribution in [-0.4, -0.2) is 32.1 Å². The van der Waals surface area contributed by atoms with E-state index in [0.29, 0.717) is 29.5 Å². The average Bonchev–Trinajstić information content (AvgIpc) is 2.61. The summed E-state index contributed by atoms with van der Waals surface area (Å²) in [6, 6.07) is 5.28. The Hall–Kier alpha value is -1.26. The lowest BCUT2D eigenvalue weighted by Crippen LogP contribution is -2.47. The van der Waals surface area contributed by atoms with Crippen LogP contribution in [0.2, 0.25) is 5.02 Å². The number of ether oxygens (including phenoxy) is 1. The number of fused-ring (bicyclic) bond motifs is 1. The van der Waals surface area contributed by atoms with Crippen LogP contribution in [0.3, 0.4) is 0 Å². The average molecular weight is 351 g/mol. The summed E-state index contributed by atoms with van der Waals surface area (Å²) < 4.78 is 5.83. The van der Waals surface area contributed by atoms with E-state index in [9.17, 15) is 4.79 Å². The van der Waals surface area contributed by atoms with Gasteiger partial charge in [-0.05, 0) is 50.4 Å². The van der Waals surface area contributed by atoms with Gasteiger partial charge in [0.1, 0.15) is 5.75 Å². The van der Waals surface area contributed by atoms with Crippen molar-refractivity contribution in [2.45, 2.75) is 44.9 Å². The number of halogens is 1. The second-order valence-electron chi connectivity index (χ2n) is 7.12. The zero-order valence-corrected chi connectivity index (χ0v) is 15.0. The lowest BCUT2D eigenvalue weighted by atomic mass is 9.76. The molecular formula is C19H27ClN2O2. The Morgan fingerprint density at radius 1 is 1.04 bits per heavy atom. The lowest BCUT2D eigenvalue weighted by molar-refractivity contribution is 0.0906. The number of piperidine rings is 1. The molecule has 1 fully saturated rings. The van der Waals surface area contributed by atoms with Gasteiger partial charge in [-0.3, -0.25) is 4.79 Å². The van der Waals surface area contributed by atoms with Gasteiger partial charge >= 0.3 is 0 Å². The van der Waals surface area contributed by atoms with Crippen LogP contribution in [0.4, 0.5) is 0 Å². The summed E-state index contributed by atoms with van der Waals surface area (Å²) >= 11 is 6.09. The molecular weight excluding hydrogens is 324 g/mol. The van der Waals surface area contributed by atoms with Gasteiger partial charge in [-0.25, -0.2) is 0 Å². The third-order valence-electron chi connectivity index (χ3n) is 5.23. The molecule has 2 heterocycles. The molecule has 2 aliphatic rings. The summed E-state index contributed by atoms with van der Waals surface area (Å²) in [6.45, 7) is 3.44. The van der Waals surface area contributed by atoms with Crippen LogP contribution in [0, 0.1) is 5.41 Å². The molecule has 1 spiro atoms. The van der Waals surface area contributed by atoms with Gasteiger partial charge in [0.05, 0.1) is 12.2 Å². The number of amides is 1. The zero-order valence-electron chi connectivity index (χ0n) is 14.2. The van der Waals surface area contributed by atoms with Crippen LogP contribution < -0.4 is 15.4 Å². The van der Waals surface area contributed by atoms with Crippen molar-refractivity contribution in [3.8, 4) is 5.75 Å². The van der Waals surface area contributed by atoms with Crippen molar-refractivity contribution in [2.24, 2.45) is 5.41 Å². The van der Waals surface area contributed by atoms with Crippen molar-refractivity contribution in [2.75, 3.05) is 26.2 Å². The number of hydrogen-bond acceptors (Lipinski definition) is 3. The molecule has 0 saturated carbocycles. The highest BCUT2D eigenvalue weighted by molar-refractivity contribution is 6.31. The predicted octanol–water partition coefficient (Wildman–Crippen LogP) is 3.78. The van der Waals surface area contributed by atoms with E-state index in [1.54, 1.807) is 18.2 Å². The van der Waals surface area contributed by atoms with Crippen LogP contribution >= 0.6 is 11.6 Å². The minimum Gasteiger partial charge on any atom is -0.493 e. The van der Waals surface area contributed by atoms with E-state index in [2.05, 4.69) is 10.6 Å². The molecule has 2 aliphatic heterocycles. The summed E-state index contributed by atoms with van der Waals surface area (Å²) in [6.07, 6.45) is 8.18. The fourth-order valence-corrected chi connectivity index (χ4v) is 3.96. The maximum atomic E-state index is 12.7. The van der Waals surface area contributed by atoms with Gasteiger partial charge in [-0.15, -0.1) is 0 Å². The standard InChI is InChI=1S/C19H27ClN2O2/c20-15-6-7-17-16(12-15)18(23)22-14-19(9-5-10-21-13-19)8-3-1-2-4-11-24-17/h6-7,12,21H,1-5,8-11,13-14H2,(H,22,23). The first-order valence-corrected chi connectivity index (χ1v) is 9.48. The molecule has 1 atom stereocenters. The van der Waals surface area contributed by atoms with Gasteiger partial charge in [0, 0.05) is 23.5 Å². The topological polar surface area (TPSA) is 50.4 Å². The third kappa shape index (κ3) is 4.42. The maximum absolute atomic E-state index is 12.7. The number of carbonyl (C=O) groups excluding carboxylic acids is 1. The largest absolute Gasteiger partial charge is 0.493 e. The van der Waals surface area contributed by atoms with E-state index >= 15 is 0 Å². The van der Waals surface area contributed by atoms with E-state index < -0.39 is 0 Å². The van der Waals surface area contributed by atoms with E-state index in [0.717, 1.165) is 19.5 Å². The summed E-state index contributed by atoms with van der Waals surface area (Å²) in [7, 11) is 0. The van der Waals surface area contributed by atoms with Crippen molar-refractivity contribution >= 4 is 17.5 Å². The Balaban J connectivity index is 1.80. The fraction of sp³-hybridized carbons (Fsp3) is 0.632. The van der Waals surface area contributed by atoms with Gasteiger partial charge in [-0.2, -0.15) is 0 Å². The van der Waals surface area contributed by atoms with Gasteiger partial charge in [-0.1, -0.05) is 30.9 Å². The van der Waals surface area contributed by atoms with E-state index in [1.165, 1.54) is 38.5 Å². The molecule has 132 valence electrons. The number of carbonyl (C=O) groups is 1. The highest BCUT2D eigenvalue weighted by atomic mass is 35.5. The second-order valence-corrected chi connectivity index (χ2v) is 7.55. The molecule has 3 rings (SSSR count). The molecule has 1 unspecified atom stereocenters. The monoisotopic (exact) mass is 350 g/mol. The summed E-state index contributed by atoms with van der Waals surface area (Å²) in [5.41, 5.74) is 0.724. The first-order chi connectivity index (χ1) is 11.7. The lowest BCUT2D eigenvalue weighted by Gasteiger charge is -2.38. The molecule has 1 aromatic carbocycles. The SMILES string of the molecule is O=C1NCC2(CCCCCCOc3ccc(Cl)cc31)CCCNC2. The zero-order chi connectivity index (χ0) is 16.8. The molecule has 1 aromatic rings. The molecule has 5 heteroatoms. The summed E-state index contributed by atoms with van der Waals surface area (Å²) in [4.78, 5) is 12.7.